The molecule has 1 heterocycles. The van der Waals surface area contributed by atoms with Crippen molar-refractivity contribution in [2.45, 2.75) is 19.8 Å². The van der Waals surface area contributed by atoms with Crippen molar-refractivity contribution < 1.29 is 18.0 Å². The standard InChI is InChI=1S/C12H12F3N3O/c1-8(19)17(2)7-18-10-6-4-3-5-9(10)16-11(18)12(13,14)15/h3-6H,7H2,1-2H3. The van der Waals surface area contributed by atoms with Crippen molar-refractivity contribution >= 4 is 16.9 Å². The van der Waals surface area contributed by atoms with Crippen molar-refractivity contribution in [3.8, 4) is 0 Å². The van der Waals surface area contributed by atoms with Gasteiger partial charge >= 0.3 is 6.18 Å². The number of carbonyl (C=O) groups is 1. The Hall–Kier alpha value is -2.05. The van der Waals surface area contributed by atoms with Crippen LogP contribution < -0.4 is 0 Å². The van der Waals surface area contributed by atoms with E-state index in [0.717, 1.165) is 4.57 Å². The zero-order valence-corrected chi connectivity index (χ0v) is 10.4. The molecule has 1 amide bonds. The highest BCUT2D eigenvalue weighted by molar-refractivity contribution is 5.76. The van der Waals surface area contributed by atoms with Crippen molar-refractivity contribution in [1.29, 1.82) is 0 Å². The molecule has 0 fully saturated rings. The number of nitrogens with zero attached hydrogens (tertiary/aromatic N) is 3. The monoisotopic (exact) mass is 271 g/mol. The summed E-state index contributed by atoms with van der Waals surface area (Å²) in [5.41, 5.74) is 0.606. The Morgan fingerprint density at radius 1 is 1.37 bits per heavy atom. The number of amides is 1. The van der Waals surface area contributed by atoms with Gasteiger partial charge in [0.25, 0.3) is 0 Å². The van der Waals surface area contributed by atoms with Gasteiger partial charge in [0.15, 0.2) is 0 Å². The molecule has 2 rings (SSSR count). The lowest BCUT2D eigenvalue weighted by molar-refractivity contribution is -0.148. The zero-order valence-electron chi connectivity index (χ0n) is 10.4. The lowest BCUT2D eigenvalue weighted by Crippen LogP contribution is -2.29. The minimum atomic E-state index is -4.56. The van der Waals surface area contributed by atoms with Crippen LogP contribution in [-0.4, -0.2) is 27.4 Å². The molecule has 4 nitrogen and oxygen atoms in total. The van der Waals surface area contributed by atoms with Gasteiger partial charge in [-0.3, -0.25) is 4.79 Å². The van der Waals surface area contributed by atoms with Gasteiger partial charge in [0.1, 0.15) is 0 Å². The summed E-state index contributed by atoms with van der Waals surface area (Å²) in [5.74, 6) is -1.31. The Kier molecular flexibility index (Phi) is 3.21. The van der Waals surface area contributed by atoms with Gasteiger partial charge in [-0.25, -0.2) is 4.98 Å². The summed E-state index contributed by atoms with van der Waals surface area (Å²) >= 11 is 0. The van der Waals surface area contributed by atoms with E-state index in [9.17, 15) is 18.0 Å². The van der Waals surface area contributed by atoms with E-state index in [-0.39, 0.29) is 18.1 Å². The van der Waals surface area contributed by atoms with E-state index in [0.29, 0.717) is 5.52 Å². The van der Waals surface area contributed by atoms with Crippen molar-refractivity contribution in [3.63, 3.8) is 0 Å². The van der Waals surface area contributed by atoms with Crippen LogP contribution in [0.1, 0.15) is 12.7 Å². The molecule has 7 heteroatoms. The van der Waals surface area contributed by atoms with Crippen LogP contribution in [0.15, 0.2) is 24.3 Å². The number of alkyl halides is 3. The Labute approximate surface area is 107 Å². The maximum atomic E-state index is 13.0. The summed E-state index contributed by atoms with van der Waals surface area (Å²) in [4.78, 5) is 16.0. The third-order valence-corrected chi connectivity index (χ3v) is 2.80. The highest BCUT2D eigenvalue weighted by atomic mass is 19.4. The van der Waals surface area contributed by atoms with Crippen LogP contribution in [-0.2, 0) is 17.6 Å². The van der Waals surface area contributed by atoms with Crippen LogP contribution >= 0.6 is 0 Å². The number of para-hydroxylation sites is 2. The Morgan fingerprint density at radius 2 is 2.00 bits per heavy atom. The average Bonchev–Trinajstić information content (AvgIpc) is 2.68. The summed E-state index contributed by atoms with van der Waals surface area (Å²) in [7, 11) is 1.44. The molecule has 0 aliphatic carbocycles. The summed E-state index contributed by atoms with van der Waals surface area (Å²) in [6, 6.07) is 6.31. The summed E-state index contributed by atoms with van der Waals surface area (Å²) < 4.78 is 39.9. The number of rotatable bonds is 2. The number of aromatic nitrogens is 2. The summed E-state index contributed by atoms with van der Waals surface area (Å²) in [6.45, 7) is 1.11. The van der Waals surface area contributed by atoms with E-state index in [1.807, 2.05) is 0 Å². The maximum Gasteiger partial charge on any atom is 0.449 e. The normalized spacial score (nSPS) is 11.8. The largest absolute Gasteiger partial charge is 0.449 e. The zero-order chi connectivity index (χ0) is 14.2. The van der Waals surface area contributed by atoms with Gasteiger partial charge < -0.3 is 9.47 Å². The number of imidazole rings is 1. The molecule has 2 aromatic rings. The molecule has 102 valence electrons. The Morgan fingerprint density at radius 3 is 2.58 bits per heavy atom. The molecule has 0 aliphatic rings. The molecular formula is C12H12F3N3O. The number of hydrogen-bond acceptors (Lipinski definition) is 2. The van der Waals surface area contributed by atoms with Crippen LogP contribution in [0, 0.1) is 0 Å². The highest BCUT2D eigenvalue weighted by Crippen LogP contribution is 2.31. The molecule has 19 heavy (non-hydrogen) atoms. The predicted molar refractivity (Wildman–Crippen MR) is 63.2 cm³/mol. The maximum absolute atomic E-state index is 13.0. The first-order valence-corrected chi connectivity index (χ1v) is 5.55. The minimum absolute atomic E-state index is 0.190. The van der Waals surface area contributed by atoms with E-state index in [1.165, 1.54) is 24.9 Å². The second-order valence-corrected chi connectivity index (χ2v) is 4.21. The molecule has 0 radical (unpaired) electrons. The molecular weight excluding hydrogens is 259 g/mol. The molecule has 0 spiro atoms. The molecule has 0 N–H and O–H groups in total. The number of carbonyl (C=O) groups excluding carboxylic acids is 1. The van der Waals surface area contributed by atoms with E-state index >= 15 is 0 Å². The van der Waals surface area contributed by atoms with E-state index in [4.69, 9.17) is 0 Å². The van der Waals surface area contributed by atoms with Gasteiger partial charge in [-0.1, -0.05) is 12.1 Å². The first kappa shape index (κ1) is 13.4. The van der Waals surface area contributed by atoms with Crippen molar-refractivity contribution in [2.75, 3.05) is 7.05 Å². The quantitative estimate of drug-likeness (QED) is 0.841. The molecule has 1 aromatic carbocycles. The van der Waals surface area contributed by atoms with Crippen molar-refractivity contribution in [3.05, 3.63) is 30.1 Å². The fourth-order valence-electron chi connectivity index (χ4n) is 1.75. The fraction of sp³-hybridized carbons (Fsp3) is 0.333. The molecule has 0 aliphatic heterocycles. The average molecular weight is 271 g/mol. The SMILES string of the molecule is CC(=O)N(C)Cn1c(C(F)(F)F)nc2ccccc21. The molecule has 0 saturated heterocycles. The minimum Gasteiger partial charge on any atom is -0.328 e. The summed E-state index contributed by atoms with van der Waals surface area (Å²) in [5, 5.41) is 0. The first-order valence-electron chi connectivity index (χ1n) is 5.55. The number of halogens is 3. The fourth-order valence-corrected chi connectivity index (χ4v) is 1.75. The molecule has 0 atom stereocenters. The molecule has 1 aromatic heterocycles. The number of fused-ring (bicyclic) bond motifs is 1. The lowest BCUT2D eigenvalue weighted by atomic mass is 10.3. The van der Waals surface area contributed by atoms with Gasteiger partial charge in [0, 0.05) is 14.0 Å². The van der Waals surface area contributed by atoms with Crippen LogP contribution in [0.4, 0.5) is 13.2 Å². The predicted octanol–water partition coefficient (Wildman–Crippen LogP) is 2.49. The van der Waals surface area contributed by atoms with Gasteiger partial charge in [-0.15, -0.1) is 0 Å². The third-order valence-electron chi connectivity index (χ3n) is 2.80. The molecule has 0 unspecified atom stereocenters. The topological polar surface area (TPSA) is 38.1 Å². The van der Waals surface area contributed by atoms with Gasteiger partial charge in [0.2, 0.25) is 11.7 Å². The van der Waals surface area contributed by atoms with E-state index in [1.54, 1.807) is 18.2 Å². The van der Waals surface area contributed by atoms with Crippen molar-refractivity contribution in [1.82, 2.24) is 14.5 Å². The number of benzene rings is 1. The van der Waals surface area contributed by atoms with Gasteiger partial charge in [-0.2, -0.15) is 13.2 Å². The van der Waals surface area contributed by atoms with E-state index in [2.05, 4.69) is 4.98 Å². The van der Waals surface area contributed by atoms with Crippen LogP contribution in [0.3, 0.4) is 0 Å². The first-order chi connectivity index (χ1) is 8.80. The van der Waals surface area contributed by atoms with E-state index < -0.39 is 12.0 Å². The van der Waals surface area contributed by atoms with Crippen LogP contribution in [0.25, 0.3) is 11.0 Å². The second kappa shape index (κ2) is 4.56. The van der Waals surface area contributed by atoms with Crippen LogP contribution in [0.5, 0.6) is 0 Å². The summed E-state index contributed by atoms with van der Waals surface area (Å²) in [6.07, 6.45) is -4.56. The highest BCUT2D eigenvalue weighted by Gasteiger charge is 2.37. The van der Waals surface area contributed by atoms with Crippen LogP contribution in [0.2, 0.25) is 0 Å². The lowest BCUT2D eigenvalue weighted by Gasteiger charge is -2.18. The Bertz CT molecular complexity index is 618. The molecule has 0 bridgehead atoms. The second-order valence-electron chi connectivity index (χ2n) is 4.21. The molecule has 0 saturated carbocycles. The van der Waals surface area contributed by atoms with Gasteiger partial charge in [-0.05, 0) is 12.1 Å². The van der Waals surface area contributed by atoms with Crippen molar-refractivity contribution in [2.24, 2.45) is 0 Å². The smallest absolute Gasteiger partial charge is 0.328 e. The third kappa shape index (κ3) is 2.54. The number of hydrogen-bond donors (Lipinski definition) is 0. The van der Waals surface area contributed by atoms with Gasteiger partial charge in [0.05, 0.1) is 17.7 Å². The Balaban J connectivity index is 2.58.